The van der Waals surface area contributed by atoms with Crippen molar-refractivity contribution in [3.8, 4) is 0 Å². The van der Waals surface area contributed by atoms with E-state index in [1.807, 2.05) is 0 Å². The minimum Gasteiger partial charge on any atom is -0.386 e. The molecule has 0 radical (unpaired) electrons. The van der Waals surface area contributed by atoms with Crippen molar-refractivity contribution < 1.29 is 9.84 Å². The Hall–Kier alpha value is -0.120. The highest BCUT2D eigenvalue weighted by molar-refractivity contribution is 4.93. The number of hydrogen-bond acceptors (Lipinski definition) is 3. The third-order valence-electron chi connectivity index (χ3n) is 4.02. The van der Waals surface area contributed by atoms with Gasteiger partial charge in [0.05, 0.1) is 6.61 Å². The average Bonchev–Trinajstić information content (AvgIpc) is 2.70. The quantitative estimate of drug-likeness (QED) is 0.742. The number of aliphatic hydroxyl groups is 1. The summed E-state index contributed by atoms with van der Waals surface area (Å²) in [7, 11) is 0. The summed E-state index contributed by atoms with van der Waals surface area (Å²) in [5, 5.41) is 13.7. The van der Waals surface area contributed by atoms with Crippen molar-refractivity contribution in [2.45, 2.75) is 51.2 Å². The summed E-state index contributed by atoms with van der Waals surface area (Å²) in [5.41, 5.74) is -0.228. The van der Waals surface area contributed by atoms with Crippen LogP contribution in [-0.2, 0) is 4.74 Å². The molecule has 0 spiro atoms. The zero-order chi connectivity index (χ0) is 10.9. The van der Waals surface area contributed by atoms with Crippen molar-refractivity contribution in [2.24, 2.45) is 5.41 Å². The molecule has 2 rings (SSSR count). The SMILES string of the molecule is CC1(C)CCC[C@H]1NC[C@@]1(O)CCOC1. The lowest BCUT2D eigenvalue weighted by molar-refractivity contribution is 0.0220. The Morgan fingerprint density at radius 1 is 1.40 bits per heavy atom. The topological polar surface area (TPSA) is 41.5 Å². The fraction of sp³-hybridized carbons (Fsp3) is 1.00. The number of hydrogen-bond donors (Lipinski definition) is 2. The Kier molecular flexibility index (Phi) is 3.06. The molecule has 0 aromatic carbocycles. The maximum atomic E-state index is 10.1. The van der Waals surface area contributed by atoms with Gasteiger partial charge in [0.1, 0.15) is 5.60 Å². The minimum atomic E-state index is -0.612. The zero-order valence-electron chi connectivity index (χ0n) is 9.88. The lowest BCUT2D eigenvalue weighted by Crippen LogP contribution is -2.47. The summed E-state index contributed by atoms with van der Waals surface area (Å²) >= 11 is 0. The van der Waals surface area contributed by atoms with Crippen LogP contribution in [0.3, 0.4) is 0 Å². The van der Waals surface area contributed by atoms with Crippen molar-refractivity contribution >= 4 is 0 Å². The molecule has 2 atom stereocenters. The van der Waals surface area contributed by atoms with E-state index in [2.05, 4.69) is 19.2 Å². The van der Waals surface area contributed by atoms with Gasteiger partial charge in [0.25, 0.3) is 0 Å². The maximum absolute atomic E-state index is 10.1. The molecule has 0 aromatic rings. The first-order valence-corrected chi connectivity index (χ1v) is 6.05. The Morgan fingerprint density at radius 3 is 2.73 bits per heavy atom. The first-order valence-electron chi connectivity index (χ1n) is 6.05. The second-order valence-electron chi connectivity index (χ2n) is 5.84. The van der Waals surface area contributed by atoms with Crippen molar-refractivity contribution in [3.63, 3.8) is 0 Å². The lowest BCUT2D eigenvalue weighted by Gasteiger charge is -2.31. The first kappa shape index (κ1) is 11.4. The van der Waals surface area contributed by atoms with Gasteiger partial charge in [-0.3, -0.25) is 0 Å². The van der Waals surface area contributed by atoms with Crippen LogP contribution >= 0.6 is 0 Å². The van der Waals surface area contributed by atoms with E-state index in [9.17, 15) is 5.11 Å². The molecule has 3 nitrogen and oxygen atoms in total. The normalized spacial score (nSPS) is 39.8. The molecule has 1 aliphatic carbocycles. The Bertz CT molecular complexity index is 222. The smallest absolute Gasteiger partial charge is 0.102 e. The largest absolute Gasteiger partial charge is 0.386 e. The Morgan fingerprint density at radius 2 is 2.20 bits per heavy atom. The number of rotatable bonds is 3. The zero-order valence-corrected chi connectivity index (χ0v) is 9.88. The van der Waals surface area contributed by atoms with E-state index in [0.29, 0.717) is 31.2 Å². The fourth-order valence-electron chi connectivity index (χ4n) is 2.75. The first-order chi connectivity index (χ1) is 7.02. The molecular formula is C12H23NO2. The molecule has 1 aliphatic heterocycles. The third kappa shape index (κ3) is 2.52. The van der Waals surface area contributed by atoms with Crippen LogP contribution in [0.15, 0.2) is 0 Å². The van der Waals surface area contributed by atoms with Gasteiger partial charge in [-0.15, -0.1) is 0 Å². The van der Waals surface area contributed by atoms with Gasteiger partial charge in [-0.25, -0.2) is 0 Å². The van der Waals surface area contributed by atoms with Crippen LogP contribution in [-0.4, -0.2) is 36.5 Å². The van der Waals surface area contributed by atoms with Crippen molar-refractivity contribution in [1.29, 1.82) is 0 Å². The Balaban J connectivity index is 1.82. The van der Waals surface area contributed by atoms with Gasteiger partial charge in [0, 0.05) is 25.6 Å². The second kappa shape index (κ2) is 4.04. The highest BCUT2D eigenvalue weighted by atomic mass is 16.5. The predicted octanol–water partition coefficient (Wildman–Crippen LogP) is 1.31. The van der Waals surface area contributed by atoms with Crippen LogP contribution in [0.25, 0.3) is 0 Å². The molecule has 2 fully saturated rings. The van der Waals surface area contributed by atoms with E-state index in [1.54, 1.807) is 0 Å². The maximum Gasteiger partial charge on any atom is 0.102 e. The van der Waals surface area contributed by atoms with Gasteiger partial charge in [0.2, 0.25) is 0 Å². The third-order valence-corrected chi connectivity index (χ3v) is 4.02. The van der Waals surface area contributed by atoms with Crippen LogP contribution in [0.5, 0.6) is 0 Å². The monoisotopic (exact) mass is 213 g/mol. The summed E-state index contributed by atoms with van der Waals surface area (Å²) < 4.78 is 5.24. The summed E-state index contributed by atoms with van der Waals surface area (Å²) in [6.45, 7) is 6.50. The molecule has 1 saturated carbocycles. The fourth-order valence-corrected chi connectivity index (χ4v) is 2.75. The number of ether oxygens (including phenoxy) is 1. The molecule has 2 N–H and O–H groups in total. The molecule has 0 bridgehead atoms. The van der Waals surface area contributed by atoms with Crippen LogP contribution in [0.4, 0.5) is 0 Å². The molecule has 0 aromatic heterocycles. The van der Waals surface area contributed by atoms with E-state index >= 15 is 0 Å². The van der Waals surface area contributed by atoms with Gasteiger partial charge in [0.15, 0.2) is 0 Å². The van der Waals surface area contributed by atoms with Crippen LogP contribution in [0.2, 0.25) is 0 Å². The van der Waals surface area contributed by atoms with Crippen LogP contribution in [0.1, 0.15) is 39.5 Å². The van der Waals surface area contributed by atoms with Gasteiger partial charge in [-0.1, -0.05) is 20.3 Å². The summed E-state index contributed by atoms with van der Waals surface area (Å²) in [6, 6.07) is 0.558. The molecule has 3 heteroatoms. The van der Waals surface area contributed by atoms with E-state index in [1.165, 1.54) is 19.3 Å². The highest BCUT2D eigenvalue weighted by Gasteiger charge is 2.37. The van der Waals surface area contributed by atoms with E-state index in [0.717, 1.165) is 6.42 Å². The highest BCUT2D eigenvalue weighted by Crippen LogP contribution is 2.37. The van der Waals surface area contributed by atoms with Crippen LogP contribution < -0.4 is 5.32 Å². The summed E-state index contributed by atoms with van der Waals surface area (Å²) in [4.78, 5) is 0. The number of nitrogens with one attached hydrogen (secondary N) is 1. The molecule has 2 aliphatic rings. The molecule has 1 heterocycles. The minimum absolute atomic E-state index is 0.385. The van der Waals surface area contributed by atoms with Gasteiger partial charge >= 0.3 is 0 Å². The van der Waals surface area contributed by atoms with Gasteiger partial charge < -0.3 is 15.2 Å². The molecule has 15 heavy (non-hydrogen) atoms. The lowest BCUT2D eigenvalue weighted by atomic mass is 9.87. The van der Waals surface area contributed by atoms with Crippen molar-refractivity contribution in [2.75, 3.05) is 19.8 Å². The van der Waals surface area contributed by atoms with Gasteiger partial charge in [-0.05, 0) is 18.3 Å². The second-order valence-corrected chi connectivity index (χ2v) is 5.84. The van der Waals surface area contributed by atoms with Crippen molar-refractivity contribution in [1.82, 2.24) is 5.32 Å². The van der Waals surface area contributed by atoms with Crippen LogP contribution in [0, 0.1) is 5.41 Å². The van der Waals surface area contributed by atoms with E-state index in [-0.39, 0.29) is 0 Å². The summed E-state index contributed by atoms with van der Waals surface area (Å²) in [5.74, 6) is 0. The molecule has 0 amide bonds. The Labute approximate surface area is 92.2 Å². The van der Waals surface area contributed by atoms with E-state index < -0.39 is 5.60 Å². The van der Waals surface area contributed by atoms with Gasteiger partial charge in [-0.2, -0.15) is 0 Å². The van der Waals surface area contributed by atoms with E-state index in [4.69, 9.17) is 4.74 Å². The van der Waals surface area contributed by atoms with Crippen molar-refractivity contribution in [3.05, 3.63) is 0 Å². The summed E-state index contributed by atoms with van der Waals surface area (Å²) in [6.07, 6.45) is 4.61. The molecule has 88 valence electrons. The molecule has 1 saturated heterocycles. The molecular weight excluding hydrogens is 190 g/mol. The average molecular weight is 213 g/mol. The standard InChI is InChI=1S/C12H23NO2/c1-11(2)5-3-4-10(11)13-8-12(14)6-7-15-9-12/h10,13-14H,3-9H2,1-2H3/t10-,12+/m1/s1. The predicted molar refractivity (Wildman–Crippen MR) is 59.8 cm³/mol. The molecule has 0 unspecified atom stereocenters.